The molecule has 0 spiro atoms. The molecule has 1 atom stereocenters. The van der Waals surface area contributed by atoms with E-state index in [1.165, 1.54) is 96.3 Å². The molecular formula is C71H116O6. The molecule has 0 aliphatic carbocycles. The topological polar surface area (TPSA) is 78.9 Å². The van der Waals surface area contributed by atoms with Gasteiger partial charge >= 0.3 is 17.9 Å². The maximum atomic E-state index is 12.8. The molecule has 0 heterocycles. The fraction of sp³-hybridized carbons (Fsp3) is 0.648. The lowest BCUT2D eigenvalue weighted by Crippen LogP contribution is -2.30. The first-order valence-corrected chi connectivity index (χ1v) is 31.7. The first-order valence-electron chi connectivity index (χ1n) is 31.7. The molecular weight excluding hydrogens is 949 g/mol. The Hall–Kier alpha value is -4.45. The number of esters is 3. The van der Waals surface area contributed by atoms with E-state index in [2.05, 4.69) is 154 Å². The summed E-state index contributed by atoms with van der Waals surface area (Å²) in [6.07, 6.45) is 90.4. The summed E-state index contributed by atoms with van der Waals surface area (Å²) in [6, 6.07) is 0. The molecule has 0 aromatic carbocycles. The first-order chi connectivity index (χ1) is 38.0. The van der Waals surface area contributed by atoms with Crippen molar-refractivity contribution in [2.45, 2.75) is 284 Å². The van der Waals surface area contributed by atoms with Gasteiger partial charge in [-0.3, -0.25) is 14.4 Å². The Balaban J connectivity index is 4.26. The van der Waals surface area contributed by atoms with E-state index in [1.807, 2.05) is 0 Å². The molecule has 1 unspecified atom stereocenters. The highest BCUT2D eigenvalue weighted by Gasteiger charge is 2.19. The monoisotopic (exact) mass is 1060 g/mol. The summed E-state index contributed by atoms with van der Waals surface area (Å²) in [7, 11) is 0. The normalized spacial score (nSPS) is 13.0. The van der Waals surface area contributed by atoms with Gasteiger partial charge in [-0.15, -0.1) is 0 Å². The molecule has 0 bridgehead atoms. The summed E-state index contributed by atoms with van der Waals surface area (Å²) >= 11 is 0. The van der Waals surface area contributed by atoms with E-state index in [9.17, 15) is 14.4 Å². The minimum atomic E-state index is -0.799. The molecule has 0 fully saturated rings. The summed E-state index contributed by atoms with van der Waals surface area (Å²) in [6.45, 7) is 6.38. The lowest BCUT2D eigenvalue weighted by molar-refractivity contribution is -0.167. The number of hydrogen-bond donors (Lipinski definition) is 0. The van der Waals surface area contributed by atoms with Gasteiger partial charge < -0.3 is 14.2 Å². The van der Waals surface area contributed by atoms with Crippen molar-refractivity contribution in [2.24, 2.45) is 0 Å². The van der Waals surface area contributed by atoms with E-state index in [0.29, 0.717) is 12.8 Å². The fourth-order valence-corrected chi connectivity index (χ4v) is 8.47. The van der Waals surface area contributed by atoms with Gasteiger partial charge in [-0.25, -0.2) is 0 Å². The quantitative estimate of drug-likeness (QED) is 0.0261. The van der Waals surface area contributed by atoms with Crippen molar-refractivity contribution >= 4 is 17.9 Å². The minimum Gasteiger partial charge on any atom is -0.462 e. The molecule has 6 nitrogen and oxygen atoms in total. The zero-order valence-corrected chi connectivity index (χ0v) is 49.9. The molecule has 436 valence electrons. The minimum absolute atomic E-state index is 0.0929. The van der Waals surface area contributed by atoms with Crippen LogP contribution in [0.1, 0.15) is 278 Å². The zero-order chi connectivity index (χ0) is 55.7. The molecule has 0 aliphatic rings. The molecule has 0 amide bonds. The van der Waals surface area contributed by atoms with Gasteiger partial charge in [-0.2, -0.15) is 0 Å². The van der Waals surface area contributed by atoms with Crippen molar-refractivity contribution < 1.29 is 28.6 Å². The molecule has 0 radical (unpaired) electrons. The highest BCUT2D eigenvalue weighted by molar-refractivity contribution is 5.71. The lowest BCUT2D eigenvalue weighted by atomic mass is 10.0. The third-order valence-electron chi connectivity index (χ3n) is 13.2. The van der Waals surface area contributed by atoms with Crippen molar-refractivity contribution in [3.8, 4) is 0 Å². The number of unbranched alkanes of at least 4 members (excludes halogenated alkanes) is 23. The van der Waals surface area contributed by atoms with Crippen LogP contribution in [-0.2, 0) is 28.6 Å². The molecule has 0 aliphatic heterocycles. The molecule has 0 saturated carbocycles. The third kappa shape index (κ3) is 62.3. The van der Waals surface area contributed by atoms with Crippen molar-refractivity contribution in [3.05, 3.63) is 134 Å². The van der Waals surface area contributed by atoms with E-state index in [4.69, 9.17) is 14.2 Å². The van der Waals surface area contributed by atoms with Crippen molar-refractivity contribution in [2.75, 3.05) is 13.2 Å². The number of allylic oxidation sites excluding steroid dienone is 22. The zero-order valence-electron chi connectivity index (χ0n) is 49.9. The third-order valence-corrected chi connectivity index (χ3v) is 13.2. The van der Waals surface area contributed by atoms with E-state index < -0.39 is 6.10 Å². The van der Waals surface area contributed by atoms with Crippen LogP contribution >= 0.6 is 0 Å². The van der Waals surface area contributed by atoms with Crippen LogP contribution < -0.4 is 0 Å². The predicted octanol–water partition coefficient (Wildman–Crippen LogP) is 21.8. The van der Waals surface area contributed by atoms with Gasteiger partial charge in [0.25, 0.3) is 0 Å². The second-order valence-corrected chi connectivity index (χ2v) is 20.6. The van der Waals surface area contributed by atoms with Crippen LogP contribution in [0, 0.1) is 0 Å². The molecule has 0 N–H and O–H groups in total. The summed E-state index contributed by atoms with van der Waals surface area (Å²) in [5.74, 6) is -0.930. The Morgan fingerprint density at radius 2 is 0.506 bits per heavy atom. The Morgan fingerprint density at radius 1 is 0.273 bits per heavy atom. The fourth-order valence-electron chi connectivity index (χ4n) is 8.47. The Labute approximate surface area is 475 Å². The van der Waals surface area contributed by atoms with E-state index in [1.54, 1.807) is 0 Å². The SMILES string of the molecule is CC/C=C\C/C=C\C/C=C\C/C=C\C/C=C\C/C=C\C/C=C\C/C=C\CCCCCCCCCCC(=O)OCC(COC(=O)CCCCCCCCCCCCCCC)OC(=O)CCCCC/C=C\C/C=C\C/C=C\CC. The summed E-state index contributed by atoms with van der Waals surface area (Å²) in [5.41, 5.74) is 0. The summed E-state index contributed by atoms with van der Waals surface area (Å²) in [4.78, 5) is 38.2. The highest BCUT2D eigenvalue weighted by atomic mass is 16.6. The van der Waals surface area contributed by atoms with Crippen LogP contribution in [0.15, 0.2) is 134 Å². The van der Waals surface area contributed by atoms with Crippen LogP contribution in [0.2, 0.25) is 0 Å². The maximum absolute atomic E-state index is 12.8. The average molecular weight is 1070 g/mol. The Bertz CT molecular complexity index is 1650. The number of carbonyl (C=O) groups is 3. The van der Waals surface area contributed by atoms with Crippen LogP contribution in [0.25, 0.3) is 0 Å². The lowest BCUT2D eigenvalue weighted by Gasteiger charge is -2.18. The van der Waals surface area contributed by atoms with Crippen molar-refractivity contribution in [3.63, 3.8) is 0 Å². The van der Waals surface area contributed by atoms with Gasteiger partial charge in [0, 0.05) is 19.3 Å². The molecule has 6 heteroatoms. The van der Waals surface area contributed by atoms with Gasteiger partial charge in [-0.05, 0) is 116 Å². The second-order valence-electron chi connectivity index (χ2n) is 20.6. The summed E-state index contributed by atoms with van der Waals surface area (Å²) < 4.78 is 16.8. The standard InChI is InChI=1S/C71H116O6/c1-4-7-10-13-16-19-22-25-26-27-28-29-30-31-32-33-34-35-36-37-38-39-40-41-42-43-44-47-49-52-55-58-61-64-70(73)76-67-68(77-71(74)65-62-59-56-53-50-46-24-21-18-15-12-9-6-3)66-75-69(72)63-60-57-54-51-48-45-23-20-17-14-11-8-5-2/h7,9-10,12,16,18-19,21,25-26,28-29,31-32,34-35,37-38,40-41,46,50,68H,4-6,8,11,13-15,17,20,22-24,27,30,33,36,39,42-45,47-49,51-67H2,1-3H3/b10-7-,12-9-,19-16-,21-18-,26-25-,29-28-,32-31-,35-34-,38-37-,41-40-,50-46-. The van der Waals surface area contributed by atoms with Gasteiger partial charge in [0.1, 0.15) is 13.2 Å². The van der Waals surface area contributed by atoms with Crippen LogP contribution in [0.4, 0.5) is 0 Å². The number of ether oxygens (including phenoxy) is 3. The van der Waals surface area contributed by atoms with Gasteiger partial charge in [0.15, 0.2) is 6.10 Å². The van der Waals surface area contributed by atoms with Crippen molar-refractivity contribution in [1.29, 1.82) is 0 Å². The van der Waals surface area contributed by atoms with E-state index in [0.717, 1.165) is 141 Å². The highest BCUT2D eigenvalue weighted by Crippen LogP contribution is 2.15. The van der Waals surface area contributed by atoms with E-state index in [-0.39, 0.29) is 37.5 Å². The predicted molar refractivity (Wildman–Crippen MR) is 334 cm³/mol. The van der Waals surface area contributed by atoms with Gasteiger partial charge in [0.05, 0.1) is 0 Å². The average Bonchev–Trinajstić information content (AvgIpc) is 3.43. The molecule has 0 aromatic heterocycles. The van der Waals surface area contributed by atoms with Crippen LogP contribution in [0.3, 0.4) is 0 Å². The van der Waals surface area contributed by atoms with Crippen LogP contribution in [-0.4, -0.2) is 37.2 Å². The Kier molecular flexibility index (Phi) is 60.4. The first kappa shape index (κ1) is 72.5. The van der Waals surface area contributed by atoms with Gasteiger partial charge in [-0.1, -0.05) is 276 Å². The number of carbonyl (C=O) groups excluding carboxylic acids is 3. The molecule has 0 saturated heterocycles. The Morgan fingerprint density at radius 3 is 0.805 bits per heavy atom. The maximum Gasteiger partial charge on any atom is 0.306 e. The van der Waals surface area contributed by atoms with Crippen LogP contribution in [0.5, 0.6) is 0 Å². The smallest absolute Gasteiger partial charge is 0.306 e. The van der Waals surface area contributed by atoms with E-state index >= 15 is 0 Å². The number of rotatable bonds is 56. The van der Waals surface area contributed by atoms with Gasteiger partial charge in [0.2, 0.25) is 0 Å². The largest absolute Gasteiger partial charge is 0.462 e. The molecule has 0 aromatic rings. The second kappa shape index (κ2) is 64.1. The van der Waals surface area contributed by atoms with Crippen molar-refractivity contribution in [1.82, 2.24) is 0 Å². The molecule has 0 rings (SSSR count). The molecule has 77 heavy (non-hydrogen) atoms. The summed E-state index contributed by atoms with van der Waals surface area (Å²) in [5, 5.41) is 0. The number of hydrogen-bond acceptors (Lipinski definition) is 6.